The van der Waals surface area contributed by atoms with Crippen LogP contribution in [0, 0.1) is 11.7 Å². The number of rotatable bonds is 3. The van der Waals surface area contributed by atoms with Crippen molar-refractivity contribution in [3.8, 4) is 0 Å². The van der Waals surface area contributed by atoms with Crippen LogP contribution < -0.4 is 9.80 Å². The average molecular weight is 312 g/mol. The minimum Gasteiger partial charge on any atom is -0.396 e. The molecule has 7 nitrogen and oxygen atoms in total. The van der Waals surface area contributed by atoms with E-state index in [9.17, 15) is 14.6 Å². The van der Waals surface area contributed by atoms with Crippen LogP contribution in [0.3, 0.4) is 0 Å². The van der Waals surface area contributed by atoms with Crippen LogP contribution in [0.2, 0.25) is 0 Å². The highest BCUT2D eigenvalue weighted by molar-refractivity contribution is 5.45. The summed E-state index contributed by atoms with van der Waals surface area (Å²) in [7, 11) is 0. The quantitative estimate of drug-likeness (QED) is 0.788. The molecular weight excluding hydrogens is 291 g/mol. The van der Waals surface area contributed by atoms with Crippen LogP contribution in [0.4, 0.5) is 16.2 Å². The zero-order valence-electron chi connectivity index (χ0n) is 12.4. The lowest BCUT2D eigenvalue weighted by Crippen LogP contribution is -2.46. The molecule has 0 radical (unpaired) electrons. The van der Waals surface area contributed by atoms with Gasteiger partial charge in [0.2, 0.25) is 5.95 Å². The van der Waals surface area contributed by atoms with Gasteiger partial charge in [0, 0.05) is 38.7 Å². The predicted octanol–water partition coefficient (Wildman–Crippen LogP) is -0.368. The van der Waals surface area contributed by atoms with E-state index in [1.54, 1.807) is 0 Å². The fraction of sp³-hybridized carbons (Fsp3) is 0.714. The molecule has 2 aliphatic rings. The van der Waals surface area contributed by atoms with Crippen molar-refractivity contribution in [2.45, 2.75) is 12.5 Å². The number of halogens is 1. The summed E-state index contributed by atoms with van der Waals surface area (Å²) < 4.78 is 19.3. The van der Waals surface area contributed by atoms with Crippen molar-refractivity contribution >= 4 is 11.8 Å². The third-order valence-electron chi connectivity index (χ3n) is 4.26. The summed E-state index contributed by atoms with van der Waals surface area (Å²) >= 11 is 0. The van der Waals surface area contributed by atoms with Gasteiger partial charge in [0.25, 0.3) is 0 Å². The van der Waals surface area contributed by atoms with Crippen LogP contribution in [0.25, 0.3) is 0 Å². The monoisotopic (exact) mass is 312 g/mol. The minimum atomic E-state index is -0.626. The summed E-state index contributed by atoms with van der Waals surface area (Å²) in [6.45, 7) is 3.26. The molecule has 0 spiro atoms. The van der Waals surface area contributed by atoms with Crippen LogP contribution in [-0.2, 0) is 4.74 Å². The standard InChI is InChI=1S/C14H21FN4O3/c15-11-7-16-14(17-13(11)18-3-5-22-6-4-18)19-2-1-10(9-20)12(21)8-19/h7,10,12,20-21H,1-6,8-9H2/t10-,12+/m0/s1. The molecule has 2 atom stereocenters. The molecule has 1 aromatic heterocycles. The highest BCUT2D eigenvalue weighted by atomic mass is 19.1. The molecule has 2 aliphatic heterocycles. The molecule has 22 heavy (non-hydrogen) atoms. The zero-order chi connectivity index (χ0) is 15.5. The Bertz CT molecular complexity index is 513. The number of morpholine rings is 1. The Balaban J connectivity index is 1.77. The second-order valence-corrected chi connectivity index (χ2v) is 5.69. The first-order chi connectivity index (χ1) is 10.7. The Hall–Kier alpha value is -1.51. The van der Waals surface area contributed by atoms with Gasteiger partial charge in [0.05, 0.1) is 25.5 Å². The van der Waals surface area contributed by atoms with E-state index >= 15 is 0 Å². The normalized spacial score (nSPS) is 26.3. The van der Waals surface area contributed by atoms with Crippen LogP contribution >= 0.6 is 0 Å². The molecule has 0 amide bonds. The zero-order valence-corrected chi connectivity index (χ0v) is 12.4. The number of hydrogen-bond acceptors (Lipinski definition) is 7. The molecule has 8 heteroatoms. The van der Waals surface area contributed by atoms with Crippen LogP contribution in [0.1, 0.15) is 6.42 Å². The number of aliphatic hydroxyl groups is 2. The fourth-order valence-corrected chi connectivity index (χ4v) is 2.87. The largest absolute Gasteiger partial charge is 0.396 e. The highest BCUT2D eigenvalue weighted by Gasteiger charge is 2.29. The van der Waals surface area contributed by atoms with Gasteiger partial charge in [-0.3, -0.25) is 0 Å². The van der Waals surface area contributed by atoms with Crippen LogP contribution in [-0.4, -0.2) is 72.3 Å². The van der Waals surface area contributed by atoms with Gasteiger partial charge >= 0.3 is 0 Å². The number of ether oxygens (including phenoxy) is 1. The average Bonchev–Trinajstić information content (AvgIpc) is 2.56. The number of nitrogens with zero attached hydrogens (tertiary/aromatic N) is 4. The van der Waals surface area contributed by atoms with E-state index in [1.165, 1.54) is 6.20 Å². The van der Waals surface area contributed by atoms with Gasteiger partial charge in [-0.15, -0.1) is 0 Å². The molecule has 3 rings (SSSR count). The predicted molar refractivity (Wildman–Crippen MR) is 78.4 cm³/mol. The smallest absolute Gasteiger partial charge is 0.227 e. The molecule has 3 heterocycles. The molecule has 0 aliphatic carbocycles. The van der Waals surface area contributed by atoms with E-state index in [4.69, 9.17) is 4.74 Å². The van der Waals surface area contributed by atoms with E-state index in [2.05, 4.69) is 9.97 Å². The van der Waals surface area contributed by atoms with Crippen LogP contribution in [0.15, 0.2) is 6.20 Å². The van der Waals surface area contributed by atoms with Gasteiger partial charge in [-0.05, 0) is 6.42 Å². The summed E-state index contributed by atoms with van der Waals surface area (Å²) in [5.41, 5.74) is 0. The first kappa shape index (κ1) is 15.4. The second-order valence-electron chi connectivity index (χ2n) is 5.69. The number of piperidine rings is 1. The Morgan fingerprint density at radius 2 is 2.05 bits per heavy atom. The van der Waals surface area contributed by atoms with Gasteiger partial charge in [0.1, 0.15) is 0 Å². The number of aliphatic hydroxyl groups excluding tert-OH is 2. The lowest BCUT2D eigenvalue weighted by molar-refractivity contribution is 0.0544. The molecule has 2 fully saturated rings. The summed E-state index contributed by atoms with van der Waals surface area (Å²) in [5, 5.41) is 19.2. The molecule has 0 bridgehead atoms. The van der Waals surface area contributed by atoms with Crippen molar-refractivity contribution in [3.05, 3.63) is 12.0 Å². The maximum Gasteiger partial charge on any atom is 0.227 e. The Labute approximate surface area is 128 Å². The number of anilines is 2. The number of β-amino-alcohol motifs (C(OH)–C–C–N with tert-alkyl or cyclic N) is 1. The van der Waals surface area contributed by atoms with Gasteiger partial charge in [-0.1, -0.05) is 0 Å². The fourth-order valence-electron chi connectivity index (χ4n) is 2.87. The van der Waals surface area contributed by atoms with Crippen molar-refractivity contribution in [1.82, 2.24) is 9.97 Å². The van der Waals surface area contributed by atoms with Crippen LogP contribution in [0.5, 0.6) is 0 Å². The van der Waals surface area contributed by atoms with E-state index in [1.807, 2.05) is 9.80 Å². The molecule has 0 saturated carbocycles. The molecular formula is C14H21FN4O3. The lowest BCUT2D eigenvalue weighted by Gasteiger charge is -2.35. The van der Waals surface area contributed by atoms with Gasteiger partial charge in [0.15, 0.2) is 11.6 Å². The summed E-state index contributed by atoms with van der Waals surface area (Å²) in [6, 6.07) is 0. The van der Waals surface area contributed by atoms with Gasteiger partial charge in [-0.2, -0.15) is 4.98 Å². The van der Waals surface area contributed by atoms with E-state index in [0.29, 0.717) is 51.8 Å². The third kappa shape index (κ3) is 3.13. The Morgan fingerprint density at radius 1 is 1.27 bits per heavy atom. The maximum absolute atomic E-state index is 14.0. The second kappa shape index (κ2) is 6.72. The van der Waals surface area contributed by atoms with E-state index in [0.717, 1.165) is 0 Å². The summed E-state index contributed by atoms with van der Waals surface area (Å²) in [6.07, 6.45) is 1.21. The molecule has 0 aromatic carbocycles. The molecule has 2 saturated heterocycles. The topological polar surface area (TPSA) is 82.0 Å². The molecule has 122 valence electrons. The van der Waals surface area contributed by atoms with Gasteiger partial charge < -0.3 is 24.7 Å². The first-order valence-corrected chi connectivity index (χ1v) is 7.58. The highest BCUT2D eigenvalue weighted by Crippen LogP contribution is 2.24. The Kier molecular flexibility index (Phi) is 4.70. The summed E-state index contributed by atoms with van der Waals surface area (Å²) in [5.74, 6) is 0.136. The van der Waals surface area contributed by atoms with Crippen molar-refractivity contribution < 1.29 is 19.3 Å². The van der Waals surface area contributed by atoms with Crippen molar-refractivity contribution in [2.75, 3.05) is 55.8 Å². The van der Waals surface area contributed by atoms with Crippen molar-refractivity contribution in [1.29, 1.82) is 0 Å². The minimum absolute atomic E-state index is 0.0295. The summed E-state index contributed by atoms with van der Waals surface area (Å²) in [4.78, 5) is 12.1. The van der Waals surface area contributed by atoms with Crippen molar-refractivity contribution in [2.24, 2.45) is 5.92 Å². The number of hydrogen-bond donors (Lipinski definition) is 2. The van der Waals surface area contributed by atoms with Crippen molar-refractivity contribution in [3.63, 3.8) is 0 Å². The van der Waals surface area contributed by atoms with E-state index in [-0.39, 0.29) is 18.3 Å². The Morgan fingerprint density at radius 3 is 2.73 bits per heavy atom. The molecule has 0 unspecified atom stereocenters. The first-order valence-electron chi connectivity index (χ1n) is 7.58. The number of aromatic nitrogens is 2. The third-order valence-corrected chi connectivity index (χ3v) is 4.26. The van der Waals surface area contributed by atoms with E-state index < -0.39 is 11.9 Å². The maximum atomic E-state index is 14.0. The molecule has 2 N–H and O–H groups in total. The SMILES string of the molecule is OC[C@@H]1CCN(c2ncc(F)c(N3CCOCC3)n2)C[C@H]1O. The van der Waals surface area contributed by atoms with Gasteiger partial charge in [-0.25, -0.2) is 9.37 Å². The molecule has 1 aromatic rings. The lowest BCUT2D eigenvalue weighted by atomic mass is 9.95.